The fraction of sp³-hybridized carbons (Fsp3) is 0.0714. The zero-order valence-corrected chi connectivity index (χ0v) is 12.2. The highest BCUT2D eigenvalue weighted by Crippen LogP contribution is 2.38. The van der Waals surface area contributed by atoms with Gasteiger partial charge in [-0.2, -0.15) is 0 Å². The van der Waals surface area contributed by atoms with Gasteiger partial charge in [-0.3, -0.25) is 4.79 Å². The zero-order chi connectivity index (χ0) is 13.4. The number of amides is 1. The number of hydrogen-bond donors (Lipinski definition) is 2. The quantitative estimate of drug-likeness (QED) is 0.881. The van der Waals surface area contributed by atoms with E-state index in [9.17, 15) is 9.90 Å². The second-order valence-electron chi connectivity index (χ2n) is 4.17. The van der Waals surface area contributed by atoms with E-state index in [1.165, 1.54) is 0 Å². The van der Waals surface area contributed by atoms with E-state index in [0.717, 1.165) is 14.3 Å². The lowest BCUT2D eigenvalue weighted by Gasteiger charge is -2.06. The monoisotopic (exact) mass is 335 g/mol. The van der Waals surface area contributed by atoms with Crippen LogP contribution in [0.5, 0.6) is 0 Å². The number of aliphatic hydroxyl groups is 1. The molecule has 0 saturated heterocycles. The van der Waals surface area contributed by atoms with Crippen LogP contribution in [0.4, 0.5) is 5.69 Å². The van der Waals surface area contributed by atoms with Crippen LogP contribution in [-0.4, -0.2) is 11.0 Å². The Morgan fingerprint density at radius 3 is 2.79 bits per heavy atom. The molecule has 1 aliphatic heterocycles. The Morgan fingerprint density at radius 2 is 2.00 bits per heavy atom. The fourth-order valence-corrected chi connectivity index (χ4v) is 3.35. The van der Waals surface area contributed by atoms with Gasteiger partial charge < -0.3 is 10.4 Å². The smallest absolute Gasteiger partial charge is 0.257 e. The highest BCUT2D eigenvalue weighted by molar-refractivity contribution is 9.10. The van der Waals surface area contributed by atoms with E-state index in [1.54, 1.807) is 17.8 Å². The highest BCUT2D eigenvalue weighted by atomic mass is 79.9. The molecule has 1 amide bonds. The van der Waals surface area contributed by atoms with Gasteiger partial charge in [-0.25, -0.2) is 0 Å². The van der Waals surface area contributed by atoms with E-state index in [4.69, 9.17) is 0 Å². The first-order valence-corrected chi connectivity index (χ1v) is 7.31. The van der Waals surface area contributed by atoms with Crippen LogP contribution < -0.4 is 5.32 Å². The fourth-order valence-electron chi connectivity index (χ4n) is 1.94. The molecular formula is C14H10BrNO2S. The van der Waals surface area contributed by atoms with Crippen molar-refractivity contribution in [2.75, 3.05) is 5.32 Å². The number of anilines is 1. The molecule has 19 heavy (non-hydrogen) atoms. The minimum atomic E-state index is -1.04. The molecule has 2 aromatic carbocycles. The number of nitrogens with one attached hydrogen (secondary N) is 1. The van der Waals surface area contributed by atoms with Crippen LogP contribution in [0.1, 0.15) is 11.7 Å². The second-order valence-corrected chi connectivity index (χ2v) is 6.14. The van der Waals surface area contributed by atoms with Crippen molar-refractivity contribution in [3.05, 3.63) is 52.5 Å². The van der Waals surface area contributed by atoms with Crippen LogP contribution in [-0.2, 0) is 4.79 Å². The number of hydrogen-bond acceptors (Lipinski definition) is 3. The third kappa shape index (κ3) is 2.41. The van der Waals surface area contributed by atoms with Crippen molar-refractivity contribution in [1.29, 1.82) is 0 Å². The number of halogens is 1. The average Bonchev–Trinajstić information content (AvgIpc) is 2.68. The van der Waals surface area contributed by atoms with E-state index in [0.29, 0.717) is 11.3 Å². The maximum Gasteiger partial charge on any atom is 0.257 e. The van der Waals surface area contributed by atoms with Crippen LogP contribution in [0, 0.1) is 0 Å². The van der Waals surface area contributed by atoms with Crippen molar-refractivity contribution in [2.24, 2.45) is 0 Å². The predicted molar refractivity (Wildman–Crippen MR) is 78.3 cm³/mol. The van der Waals surface area contributed by atoms with Gasteiger partial charge in [0.15, 0.2) is 6.10 Å². The summed E-state index contributed by atoms with van der Waals surface area (Å²) in [6.45, 7) is 0. The van der Waals surface area contributed by atoms with Crippen LogP contribution in [0.3, 0.4) is 0 Å². The predicted octanol–water partition coefficient (Wildman–Crippen LogP) is 3.59. The van der Waals surface area contributed by atoms with Crippen LogP contribution >= 0.6 is 27.7 Å². The van der Waals surface area contributed by atoms with Gasteiger partial charge in [0.25, 0.3) is 5.91 Å². The number of rotatable bonds is 2. The number of carbonyl (C=O) groups is 1. The Labute approximate surface area is 123 Å². The van der Waals surface area contributed by atoms with Gasteiger partial charge in [-0.1, -0.05) is 30.0 Å². The molecule has 1 unspecified atom stereocenters. The van der Waals surface area contributed by atoms with Crippen molar-refractivity contribution in [2.45, 2.75) is 15.9 Å². The molecule has 2 N–H and O–H groups in total. The molecule has 5 heteroatoms. The van der Waals surface area contributed by atoms with Gasteiger partial charge in [-0.15, -0.1) is 0 Å². The Morgan fingerprint density at radius 1 is 1.21 bits per heavy atom. The number of aliphatic hydroxyl groups excluding tert-OH is 1. The number of carbonyl (C=O) groups excluding carboxylic acids is 1. The SMILES string of the molecule is O=C1Nc2cc(Sc3ccccc3Br)ccc2C1O. The van der Waals surface area contributed by atoms with Gasteiger partial charge in [0.2, 0.25) is 0 Å². The lowest BCUT2D eigenvalue weighted by molar-refractivity contribution is -0.123. The van der Waals surface area contributed by atoms with Crippen molar-refractivity contribution >= 4 is 39.3 Å². The molecule has 3 nitrogen and oxygen atoms in total. The molecule has 0 spiro atoms. The molecule has 1 atom stereocenters. The highest BCUT2D eigenvalue weighted by Gasteiger charge is 2.28. The van der Waals surface area contributed by atoms with Gasteiger partial charge in [0.05, 0.1) is 0 Å². The summed E-state index contributed by atoms with van der Waals surface area (Å²) in [4.78, 5) is 13.5. The Hall–Kier alpha value is -1.30. The average molecular weight is 336 g/mol. The van der Waals surface area contributed by atoms with Crippen LogP contribution in [0.15, 0.2) is 56.7 Å². The zero-order valence-electron chi connectivity index (χ0n) is 9.76. The Balaban J connectivity index is 1.91. The lowest BCUT2D eigenvalue weighted by atomic mass is 10.1. The van der Waals surface area contributed by atoms with Gasteiger partial charge in [-0.05, 0) is 40.2 Å². The molecule has 1 aliphatic rings. The van der Waals surface area contributed by atoms with Crippen molar-refractivity contribution in [3.63, 3.8) is 0 Å². The van der Waals surface area contributed by atoms with Crippen LogP contribution in [0.2, 0.25) is 0 Å². The van der Waals surface area contributed by atoms with E-state index >= 15 is 0 Å². The molecule has 3 rings (SSSR count). The molecule has 2 aromatic rings. The Bertz CT molecular complexity index is 660. The maximum absolute atomic E-state index is 11.4. The molecule has 0 bridgehead atoms. The molecule has 96 valence electrons. The summed E-state index contributed by atoms with van der Waals surface area (Å²) in [5.74, 6) is -0.363. The van der Waals surface area contributed by atoms with Gasteiger partial charge in [0, 0.05) is 25.5 Å². The van der Waals surface area contributed by atoms with Crippen molar-refractivity contribution in [3.8, 4) is 0 Å². The minimum absolute atomic E-state index is 0.363. The third-order valence-corrected chi connectivity index (χ3v) is 4.91. The largest absolute Gasteiger partial charge is 0.378 e. The summed E-state index contributed by atoms with van der Waals surface area (Å²) < 4.78 is 1.03. The summed E-state index contributed by atoms with van der Waals surface area (Å²) in [6.07, 6.45) is -1.04. The number of benzene rings is 2. The Kier molecular flexibility index (Phi) is 3.35. The summed E-state index contributed by atoms with van der Waals surface area (Å²) in [5.41, 5.74) is 1.33. The van der Waals surface area contributed by atoms with E-state index < -0.39 is 6.10 Å². The van der Waals surface area contributed by atoms with Crippen molar-refractivity contribution in [1.82, 2.24) is 0 Å². The molecule has 0 aliphatic carbocycles. The summed E-state index contributed by atoms with van der Waals surface area (Å²) >= 11 is 5.11. The second kappa shape index (κ2) is 5.00. The normalized spacial score (nSPS) is 17.2. The van der Waals surface area contributed by atoms with Crippen molar-refractivity contribution < 1.29 is 9.90 Å². The van der Waals surface area contributed by atoms with E-state index in [-0.39, 0.29) is 5.91 Å². The minimum Gasteiger partial charge on any atom is -0.378 e. The summed E-state index contributed by atoms with van der Waals surface area (Å²) in [7, 11) is 0. The standard InChI is InChI=1S/C14H10BrNO2S/c15-10-3-1-2-4-12(10)19-8-5-6-9-11(7-8)16-14(18)13(9)17/h1-7,13,17H,(H,16,18). The molecule has 0 saturated carbocycles. The van der Waals surface area contributed by atoms with Gasteiger partial charge >= 0.3 is 0 Å². The first kappa shape index (κ1) is 12.7. The summed E-state index contributed by atoms with van der Waals surface area (Å²) in [5, 5.41) is 12.3. The molecule has 0 aromatic heterocycles. The third-order valence-electron chi connectivity index (χ3n) is 2.89. The first-order valence-electron chi connectivity index (χ1n) is 5.70. The van der Waals surface area contributed by atoms with Crippen LogP contribution in [0.25, 0.3) is 0 Å². The molecular weight excluding hydrogens is 326 g/mol. The first-order chi connectivity index (χ1) is 9.15. The maximum atomic E-state index is 11.4. The molecule has 0 radical (unpaired) electrons. The van der Waals surface area contributed by atoms with E-state index in [2.05, 4.69) is 21.2 Å². The number of fused-ring (bicyclic) bond motifs is 1. The summed E-state index contributed by atoms with van der Waals surface area (Å²) in [6, 6.07) is 13.5. The molecule has 0 fully saturated rings. The van der Waals surface area contributed by atoms with E-state index in [1.807, 2.05) is 36.4 Å². The topological polar surface area (TPSA) is 49.3 Å². The van der Waals surface area contributed by atoms with Gasteiger partial charge in [0.1, 0.15) is 0 Å². The lowest BCUT2D eigenvalue weighted by Crippen LogP contribution is -2.10. The molecule has 1 heterocycles.